The van der Waals surface area contributed by atoms with Gasteiger partial charge in [0, 0.05) is 12.3 Å². The van der Waals surface area contributed by atoms with Gasteiger partial charge in [0.05, 0.1) is 17.9 Å². The van der Waals surface area contributed by atoms with Gasteiger partial charge in [-0.3, -0.25) is 0 Å². The molecule has 0 aliphatic rings. The Morgan fingerprint density at radius 2 is 2.11 bits per heavy atom. The lowest BCUT2D eigenvalue weighted by Gasteiger charge is -2.18. The lowest BCUT2D eigenvalue weighted by molar-refractivity contribution is 0.413. The van der Waals surface area contributed by atoms with Crippen molar-refractivity contribution in [2.45, 2.75) is 13.0 Å². The fourth-order valence-electron chi connectivity index (χ4n) is 1.72. The van der Waals surface area contributed by atoms with Crippen LogP contribution in [-0.4, -0.2) is 34.1 Å². The van der Waals surface area contributed by atoms with Crippen molar-refractivity contribution in [2.24, 2.45) is 0 Å². The average Bonchev–Trinajstić information content (AvgIpc) is 2.27. The molecule has 4 nitrogen and oxygen atoms in total. The summed E-state index contributed by atoms with van der Waals surface area (Å²) in [6.45, 7) is 2.62. The van der Waals surface area contributed by atoms with Crippen LogP contribution >= 0.6 is 11.6 Å². The van der Waals surface area contributed by atoms with Gasteiger partial charge in [0.2, 0.25) is 0 Å². The average molecular weight is 292 g/mol. The molecule has 102 valence electrons. The summed E-state index contributed by atoms with van der Waals surface area (Å²) in [4.78, 5) is 0. The van der Waals surface area contributed by atoms with E-state index in [2.05, 4.69) is 5.32 Å². The van der Waals surface area contributed by atoms with Gasteiger partial charge in [0.1, 0.15) is 15.6 Å². The second-order valence-corrected chi connectivity index (χ2v) is 6.69. The van der Waals surface area contributed by atoms with E-state index in [-0.39, 0.29) is 11.8 Å². The van der Waals surface area contributed by atoms with Crippen LogP contribution in [0.2, 0.25) is 5.02 Å². The molecule has 0 saturated heterocycles. The molecule has 1 aromatic carbocycles. The van der Waals surface area contributed by atoms with Crippen molar-refractivity contribution in [3.8, 4) is 5.75 Å². The molecule has 0 aliphatic heterocycles. The van der Waals surface area contributed by atoms with Gasteiger partial charge in [-0.15, -0.1) is 0 Å². The predicted molar refractivity (Wildman–Crippen MR) is 74.1 cm³/mol. The third-order valence-electron chi connectivity index (χ3n) is 2.50. The number of nitrogens with one attached hydrogen (secondary N) is 1. The maximum absolute atomic E-state index is 11.4. The third kappa shape index (κ3) is 4.48. The first-order valence-corrected chi connectivity index (χ1v) is 8.05. The molecule has 0 fully saturated rings. The molecule has 1 rings (SSSR count). The molecule has 6 heteroatoms. The summed E-state index contributed by atoms with van der Waals surface area (Å²) in [6.07, 6.45) is 1.23. The second-order valence-electron chi connectivity index (χ2n) is 4.10. The molecule has 1 aromatic rings. The van der Waals surface area contributed by atoms with E-state index in [0.717, 1.165) is 5.56 Å². The van der Waals surface area contributed by atoms with Gasteiger partial charge in [-0.05, 0) is 24.2 Å². The molecule has 1 unspecified atom stereocenters. The van der Waals surface area contributed by atoms with E-state index >= 15 is 0 Å². The van der Waals surface area contributed by atoms with E-state index in [9.17, 15) is 8.42 Å². The SMILES string of the molecule is CCNC(CS(C)(=O)=O)c1ccc(Cl)c(OC)c1. The Balaban J connectivity index is 3.05. The van der Waals surface area contributed by atoms with Crippen molar-refractivity contribution in [3.63, 3.8) is 0 Å². The molecule has 0 heterocycles. The molecule has 0 aliphatic carbocycles. The van der Waals surface area contributed by atoms with Crippen molar-refractivity contribution in [3.05, 3.63) is 28.8 Å². The van der Waals surface area contributed by atoms with Crippen molar-refractivity contribution in [1.29, 1.82) is 0 Å². The minimum Gasteiger partial charge on any atom is -0.495 e. The molecular formula is C12H18ClNO3S. The van der Waals surface area contributed by atoms with E-state index < -0.39 is 9.84 Å². The summed E-state index contributed by atoms with van der Waals surface area (Å²) >= 11 is 5.95. The summed E-state index contributed by atoms with van der Waals surface area (Å²) in [6, 6.07) is 5.03. The standard InChI is InChI=1S/C12H18ClNO3S/c1-4-14-11(8-18(3,15)16)9-5-6-10(13)12(7-9)17-2/h5-7,11,14H,4,8H2,1-3H3. The first-order chi connectivity index (χ1) is 8.37. The van der Waals surface area contributed by atoms with Gasteiger partial charge in [-0.1, -0.05) is 24.6 Å². The Kier molecular flexibility index (Phi) is 5.44. The number of benzene rings is 1. The highest BCUT2D eigenvalue weighted by Gasteiger charge is 2.17. The zero-order valence-electron chi connectivity index (χ0n) is 10.7. The maximum atomic E-state index is 11.4. The minimum atomic E-state index is -3.06. The van der Waals surface area contributed by atoms with Crippen molar-refractivity contribution in [2.75, 3.05) is 25.7 Å². The molecule has 1 atom stereocenters. The molecule has 0 radical (unpaired) electrons. The number of hydrogen-bond donors (Lipinski definition) is 1. The number of sulfone groups is 1. The van der Waals surface area contributed by atoms with Crippen molar-refractivity contribution < 1.29 is 13.2 Å². The number of hydrogen-bond acceptors (Lipinski definition) is 4. The van der Waals surface area contributed by atoms with E-state index in [4.69, 9.17) is 16.3 Å². The summed E-state index contributed by atoms with van der Waals surface area (Å²) in [5.74, 6) is 0.594. The second kappa shape index (κ2) is 6.41. The van der Waals surface area contributed by atoms with E-state index in [1.165, 1.54) is 13.4 Å². The van der Waals surface area contributed by atoms with Crippen LogP contribution in [0.1, 0.15) is 18.5 Å². The molecular weight excluding hydrogens is 274 g/mol. The van der Waals surface area contributed by atoms with Gasteiger partial charge >= 0.3 is 0 Å². The molecule has 0 aromatic heterocycles. The lowest BCUT2D eigenvalue weighted by atomic mass is 10.1. The van der Waals surface area contributed by atoms with Gasteiger partial charge in [-0.25, -0.2) is 8.42 Å². The molecule has 0 amide bonds. The maximum Gasteiger partial charge on any atom is 0.149 e. The number of ether oxygens (including phenoxy) is 1. The predicted octanol–water partition coefficient (Wildman–Crippen LogP) is 2.04. The highest BCUT2D eigenvalue weighted by atomic mass is 35.5. The van der Waals surface area contributed by atoms with Gasteiger partial charge in [-0.2, -0.15) is 0 Å². The van der Waals surface area contributed by atoms with Crippen LogP contribution in [0.15, 0.2) is 18.2 Å². The first-order valence-electron chi connectivity index (χ1n) is 5.62. The molecule has 18 heavy (non-hydrogen) atoms. The van der Waals surface area contributed by atoms with E-state index in [1.54, 1.807) is 12.1 Å². The van der Waals surface area contributed by atoms with E-state index in [0.29, 0.717) is 17.3 Å². The fourth-order valence-corrected chi connectivity index (χ4v) is 2.83. The van der Waals surface area contributed by atoms with Crippen LogP contribution < -0.4 is 10.1 Å². The monoisotopic (exact) mass is 291 g/mol. The van der Waals surface area contributed by atoms with Gasteiger partial charge < -0.3 is 10.1 Å². The Hall–Kier alpha value is -0.780. The number of methoxy groups -OCH3 is 1. The fraction of sp³-hybridized carbons (Fsp3) is 0.500. The normalized spacial score (nSPS) is 13.3. The summed E-state index contributed by atoms with van der Waals surface area (Å²) in [5.41, 5.74) is 0.850. The van der Waals surface area contributed by atoms with Crippen molar-refractivity contribution >= 4 is 21.4 Å². The Morgan fingerprint density at radius 3 is 2.61 bits per heavy atom. The highest BCUT2D eigenvalue weighted by Crippen LogP contribution is 2.28. The Bertz CT molecular complexity index is 502. The highest BCUT2D eigenvalue weighted by molar-refractivity contribution is 7.90. The van der Waals surface area contributed by atoms with Crippen LogP contribution in [0.4, 0.5) is 0 Å². The summed E-state index contributed by atoms with van der Waals surface area (Å²) in [7, 11) is -1.53. The van der Waals surface area contributed by atoms with Crippen LogP contribution in [-0.2, 0) is 9.84 Å². The summed E-state index contributed by atoms with van der Waals surface area (Å²) in [5, 5.41) is 3.66. The Labute approximate surface area is 113 Å². The minimum absolute atomic E-state index is 0.0472. The zero-order valence-corrected chi connectivity index (χ0v) is 12.3. The van der Waals surface area contributed by atoms with Gasteiger partial charge in [0.25, 0.3) is 0 Å². The molecule has 0 spiro atoms. The van der Waals surface area contributed by atoms with Crippen LogP contribution in [0.3, 0.4) is 0 Å². The first kappa shape index (κ1) is 15.3. The van der Waals surface area contributed by atoms with Crippen LogP contribution in [0, 0.1) is 0 Å². The number of halogens is 1. The smallest absolute Gasteiger partial charge is 0.149 e. The third-order valence-corrected chi connectivity index (χ3v) is 3.75. The lowest BCUT2D eigenvalue weighted by Crippen LogP contribution is -2.27. The topological polar surface area (TPSA) is 55.4 Å². The van der Waals surface area contributed by atoms with Crippen LogP contribution in [0.5, 0.6) is 5.75 Å². The molecule has 0 saturated carbocycles. The molecule has 1 N–H and O–H groups in total. The molecule has 0 bridgehead atoms. The van der Waals surface area contributed by atoms with Gasteiger partial charge in [0.15, 0.2) is 0 Å². The van der Waals surface area contributed by atoms with E-state index in [1.807, 2.05) is 13.0 Å². The summed E-state index contributed by atoms with van der Waals surface area (Å²) < 4.78 is 28.0. The Morgan fingerprint density at radius 1 is 1.44 bits per heavy atom. The quantitative estimate of drug-likeness (QED) is 0.871. The number of rotatable bonds is 6. The largest absolute Gasteiger partial charge is 0.495 e. The zero-order chi connectivity index (χ0) is 13.8. The van der Waals surface area contributed by atoms with Crippen LogP contribution in [0.25, 0.3) is 0 Å². The van der Waals surface area contributed by atoms with Crippen molar-refractivity contribution in [1.82, 2.24) is 5.32 Å².